The Kier molecular flexibility index (Phi) is 6.45. The summed E-state index contributed by atoms with van der Waals surface area (Å²) in [5, 5.41) is 16.4. The largest absolute Gasteiger partial charge is 0.508 e. The number of phenols is 1. The van der Waals surface area contributed by atoms with E-state index in [0.29, 0.717) is 37.3 Å². The molecular formula is C30H38N6O3. The van der Waals surface area contributed by atoms with Crippen molar-refractivity contribution in [1.82, 2.24) is 20.2 Å². The number of fused-ring (bicyclic) bond motifs is 4. The topological polar surface area (TPSA) is 86.2 Å². The lowest BCUT2D eigenvalue weighted by molar-refractivity contribution is 0.0947. The van der Waals surface area contributed by atoms with Crippen LogP contribution in [0.3, 0.4) is 0 Å². The molecule has 39 heavy (non-hydrogen) atoms. The van der Waals surface area contributed by atoms with Crippen LogP contribution >= 0.6 is 0 Å². The molecule has 1 unspecified atom stereocenters. The molecule has 4 aliphatic rings. The third-order valence-corrected chi connectivity index (χ3v) is 9.14. The van der Waals surface area contributed by atoms with Crippen molar-refractivity contribution >= 4 is 22.3 Å². The van der Waals surface area contributed by atoms with E-state index in [-0.39, 0.29) is 11.9 Å². The fourth-order valence-electron chi connectivity index (χ4n) is 7.05. The second-order valence-corrected chi connectivity index (χ2v) is 11.6. The normalized spacial score (nSPS) is 26.8. The molecule has 4 aliphatic heterocycles. The van der Waals surface area contributed by atoms with E-state index in [0.717, 1.165) is 73.4 Å². The third-order valence-electron chi connectivity index (χ3n) is 9.14. The van der Waals surface area contributed by atoms with Crippen molar-refractivity contribution in [2.75, 3.05) is 56.7 Å². The summed E-state index contributed by atoms with van der Waals surface area (Å²) in [4.78, 5) is 17.2. The minimum absolute atomic E-state index is 0.237. The molecule has 5 heterocycles. The van der Waals surface area contributed by atoms with Gasteiger partial charge in [-0.05, 0) is 50.7 Å². The second kappa shape index (κ2) is 10.1. The molecule has 3 saturated heterocycles. The Morgan fingerprint density at radius 3 is 2.85 bits per heavy atom. The summed E-state index contributed by atoms with van der Waals surface area (Å²) in [5.41, 5.74) is 3.27. The van der Waals surface area contributed by atoms with Crippen LogP contribution in [-0.2, 0) is 17.7 Å². The van der Waals surface area contributed by atoms with E-state index in [4.69, 9.17) is 19.4 Å². The van der Waals surface area contributed by atoms with Crippen LogP contribution in [0.5, 0.6) is 11.8 Å². The van der Waals surface area contributed by atoms with E-state index in [1.54, 1.807) is 0 Å². The van der Waals surface area contributed by atoms with Crippen molar-refractivity contribution in [3.05, 3.63) is 47.7 Å². The van der Waals surface area contributed by atoms with Gasteiger partial charge in [-0.2, -0.15) is 9.97 Å². The zero-order valence-electron chi connectivity index (χ0n) is 22.8. The number of likely N-dealkylation sites (tertiary alicyclic amines) is 1. The molecule has 2 bridgehead atoms. The van der Waals surface area contributed by atoms with Gasteiger partial charge in [0.2, 0.25) is 0 Å². The van der Waals surface area contributed by atoms with Crippen LogP contribution in [0.1, 0.15) is 30.5 Å². The quantitative estimate of drug-likeness (QED) is 0.500. The first-order valence-electron chi connectivity index (χ1n) is 14.3. The average molecular weight is 531 g/mol. The first kappa shape index (κ1) is 24.9. The van der Waals surface area contributed by atoms with E-state index in [1.165, 1.54) is 12.0 Å². The van der Waals surface area contributed by atoms with E-state index in [2.05, 4.69) is 45.3 Å². The number of aromatic nitrogens is 2. The van der Waals surface area contributed by atoms with Crippen LogP contribution in [-0.4, -0.2) is 91.1 Å². The molecule has 0 spiro atoms. The number of nitrogens with one attached hydrogen (secondary N) is 1. The summed E-state index contributed by atoms with van der Waals surface area (Å²) >= 11 is 0. The molecule has 0 saturated carbocycles. The van der Waals surface area contributed by atoms with E-state index in [9.17, 15) is 5.11 Å². The lowest BCUT2D eigenvalue weighted by Crippen LogP contribution is -2.53. The number of aromatic hydroxyl groups is 1. The summed E-state index contributed by atoms with van der Waals surface area (Å²) in [7, 11) is 3.98. The van der Waals surface area contributed by atoms with Gasteiger partial charge >= 0.3 is 6.01 Å². The van der Waals surface area contributed by atoms with Crippen molar-refractivity contribution < 1.29 is 14.6 Å². The second-order valence-electron chi connectivity index (χ2n) is 11.6. The molecule has 1 aromatic heterocycles. The summed E-state index contributed by atoms with van der Waals surface area (Å²) in [5.74, 6) is 1.30. The van der Waals surface area contributed by atoms with Gasteiger partial charge in [-0.3, -0.25) is 0 Å². The fourth-order valence-corrected chi connectivity index (χ4v) is 7.05. The average Bonchev–Trinajstić information content (AvgIpc) is 3.50. The van der Waals surface area contributed by atoms with Crippen LogP contribution in [0.4, 0.5) is 11.5 Å². The van der Waals surface area contributed by atoms with Crippen LogP contribution in [0.2, 0.25) is 0 Å². The first-order valence-corrected chi connectivity index (χ1v) is 14.3. The van der Waals surface area contributed by atoms with Gasteiger partial charge in [0.25, 0.3) is 0 Å². The summed E-state index contributed by atoms with van der Waals surface area (Å²) in [6, 6.07) is 13.5. The van der Waals surface area contributed by atoms with Gasteiger partial charge in [-0.25, -0.2) is 0 Å². The number of benzene rings is 2. The fraction of sp³-hybridized carbons (Fsp3) is 0.533. The molecular weight excluding hydrogens is 492 g/mol. The van der Waals surface area contributed by atoms with Gasteiger partial charge in [0.15, 0.2) is 0 Å². The summed E-state index contributed by atoms with van der Waals surface area (Å²) in [6.07, 6.45) is 4.46. The number of nitrogens with zero attached hydrogens (tertiary/aromatic N) is 5. The van der Waals surface area contributed by atoms with Crippen molar-refractivity contribution in [2.45, 2.75) is 56.5 Å². The van der Waals surface area contributed by atoms with Crippen molar-refractivity contribution in [2.24, 2.45) is 0 Å². The maximum absolute atomic E-state index is 10.5. The molecule has 9 heteroatoms. The molecule has 2 aromatic carbocycles. The molecule has 0 radical (unpaired) electrons. The van der Waals surface area contributed by atoms with Crippen LogP contribution in [0.15, 0.2) is 36.4 Å². The Morgan fingerprint density at radius 1 is 1.10 bits per heavy atom. The minimum Gasteiger partial charge on any atom is -0.508 e. The third kappa shape index (κ3) is 4.66. The number of ether oxygens (including phenoxy) is 2. The predicted octanol–water partition coefficient (Wildman–Crippen LogP) is 2.94. The molecule has 9 nitrogen and oxygen atoms in total. The van der Waals surface area contributed by atoms with Crippen LogP contribution < -0.4 is 19.9 Å². The van der Waals surface area contributed by atoms with Gasteiger partial charge in [-0.1, -0.05) is 24.3 Å². The smallest absolute Gasteiger partial charge is 0.318 e. The predicted molar refractivity (Wildman–Crippen MR) is 152 cm³/mol. The van der Waals surface area contributed by atoms with Crippen LogP contribution in [0, 0.1) is 0 Å². The maximum atomic E-state index is 10.5. The number of piperazine rings is 1. The molecule has 3 aromatic rings. The van der Waals surface area contributed by atoms with E-state index < -0.39 is 0 Å². The number of hydrogen-bond acceptors (Lipinski definition) is 9. The highest BCUT2D eigenvalue weighted by atomic mass is 16.5. The van der Waals surface area contributed by atoms with Gasteiger partial charge in [0, 0.05) is 61.5 Å². The Morgan fingerprint density at radius 2 is 2.00 bits per heavy atom. The highest BCUT2D eigenvalue weighted by Crippen LogP contribution is 2.37. The highest BCUT2D eigenvalue weighted by Gasteiger charge is 2.41. The van der Waals surface area contributed by atoms with E-state index >= 15 is 0 Å². The Hall–Kier alpha value is -3.14. The summed E-state index contributed by atoms with van der Waals surface area (Å²) in [6.45, 7) is 4.98. The first-order chi connectivity index (χ1) is 19.1. The molecule has 206 valence electrons. The molecule has 2 N–H and O–H groups in total. The van der Waals surface area contributed by atoms with Gasteiger partial charge in [0.1, 0.15) is 18.2 Å². The van der Waals surface area contributed by atoms with Crippen LogP contribution in [0.25, 0.3) is 10.8 Å². The molecule has 3 fully saturated rings. The minimum atomic E-state index is 0.237. The van der Waals surface area contributed by atoms with Crippen molar-refractivity contribution in [3.8, 4) is 11.8 Å². The lowest BCUT2D eigenvalue weighted by atomic mass is 10.0. The molecule has 4 atom stereocenters. The zero-order valence-corrected chi connectivity index (χ0v) is 22.8. The Bertz CT molecular complexity index is 1370. The van der Waals surface area contributed by atoms with Gasteiger partial charge in [-0.15, -0.1) is 0 Å². The van der Waals surface area contributed by atoms with Gasteiger partial charge < -0.3 is 34.6 Å². The molecule has 0 amide bonds. The Labute approximate surface area is 229 Å². The number of hydrogen-bond donors (Lipinski definition) is 2. The summed E-state index contributed by atoms with van der Waals surface area (Å²) < 4.78 is 12.1. The molecule has 7 rings (SSSR count). The monoisotopic (exact) mass is 530 g/mol. The SMILES string of the molecule is CO[C@@H]1C[C@@H]2CN(c3nc(OCC4CCCN4C)nc4c3CCN(c3cc(O)cc5ccccc35)C4)C[C@H]1N2. The molecule has 0 aliphatic carbocycles. The zero-order chi connectivity index (χ0) is 26.5. The highest BCUT2D eigenvalue weighted by molar-refractivity contribution is 5.95. The number of likely N-dealkylation sites (N-methyl/N-ethyl adjacent to an activating group) is 1. The van der Waals surface area contributed by atoms with Gasteiger partial charge in [0.05, 0.1) is 24.4 Å². The van der Waals surface area contributed by atoms with E-state index in [1.807, 2.05) is 25.3 Å². The maximum Gasteiger partial charge on any atom is 0.318 e. The number of anilines is 2. The number of methoxy groups -OCH3 is 1. The standard InChI is InChI=1S/C30H38N6O3/c1-34-10-5-7-21(34)18-39-30-32-25-16-35(27-14-22(37)12-19-6-3-4-8-23(19)27)11-9-24(25)29(33-30)36-15-20-13-28(38-2)26(17-36)31-20/h3-4,6,8,12,14,20-21,26,28,31,37H,5,7,9-11,13,15-18H2,1-2H3/t20-,21?,26-,28-/m1/s1. The van der Waals surface area contributed by atoms with Crippen molar-refractivity contribution in [1.29, 1.82) is 0 Å². The number of rotatable bonds is 6. The van der Waals surface area contributed by atoms with Crippen molar-refractivity contribution in [3.63, 3.8) is 0 Å². The lowest BCUT2D eigenvalue weighted by Gasteiger charge is -2.38. The Balaban J connectivity index is 1.23. The number of phenolic OH excluding ortho intramolecular Hbond substituents is 1.